The number of pyridine rings is 1. The second kappa shape index (κ2) is 7.53. The van der Waals surface area contributed by atoms with Gasteiger partial charge in [-0.25, -0.2) is 0 Å². The monoisotopic (exact) mass is 363 g/mol. The third-order valence-electron chi connectivity index (χ3n) is 5.37. The molecule has 1 fully saturated rings. The molecule has 1 saturated heterocycles. The minimum Gasteiger partial charge on any atom is -0.451 e. The molecule has 1 N–H and O–H groups in total. The Kier molecular flexibility index (Phi) is 4.94. The van der Waals surface area contributed by atoms with Crippen molar-refractivity contribution < 1.29 is 9.21 Å². The van der Waals surface area contributed by atoms with Crippen molar-refractivity contribution in [3.63, 3.8) is 0 Å². The summed E-state index contributed by atoms with van der Waals surface area (Å²) in [5.41, 5.74) is 3.86. The average Bonchev–Trinajstić information content (AvgIpc) is 3.03. The molecule has 0 unspecified atom stereocenters. The fourth-order valence-electron chi connectivity index (χ4n) is 3.84. The van der Waals surface area contributed by atoms with Gasteiger partial charge in [-0.3, -0.25) is 9.78 Å². The number of hydrogen-bond donors (Lipinski definition) is 1. The molecule has 5 nitrogen and oxygen atoms in total. The Morgan fingerprint density at radius 1 is 1.26 bits per heavy atom. The number of fused-ring (bicyclic) bond motifs is 1. The van der Waals surface area contributed by atoms with Crippen LogP contribution in [0, 0.1) is 13.8 Å². The number of rotatable bonds is 4. The van der Waals surface area contributed by atoms with Gasteiger partial charge in [-0.05, 0) is 63.0 Å². The lowest BCUT2D eigenvalue weighted by Crippen LogP contribution is -2.45. The normalized spacial score (nSPS) is 15.2. The lowest BCUT2D eigenvalue weighted by atomic mass is 10.0. The van der Waals surface area contributed by atoms with Crippen molar-refractivity contribution in [1.29, 1.82) is 0 Å². The van der Waals surface area contributed by atoms with Gasteiger partial charge in [0, 0.05) is 35.9 Å². The van der Waals surface area contributed by atoms with Crippen LogP contribution in [0.5, 0.6) is 0 Å². The van der Waals surface area contributed by atoms with Crippen molar-refractivity contribution >= 4 is 16.9 Å². The highest BCUT2D eigenvalue weighted by Gasteiger charge is 2.30. The van der Waals surface area contributed by atoms with Crippen LogP contribution in [0.3, 0.4) is 0 Å². The largest absolute Gasteiger partial charge is 0.451 e. The SMILES string of the molecule is Cc1ccc2c(C)c(C(=O)N(Cc3cccnc3)C3CCNCC3)oc2c1. The van der Waals surface area contributed by atoms with E-state index >= 15 is 0 Å². The van der Waals surface area contributed by atoms with Crippen LogP contribution >= 0.6 is 0 Å². The molecule has 27 heavy (non-hydrogen) atoms. The number of amides is 1. The summed E-state index contributed by atoms with van der Waals surface area (Å²) >= 11 is 0. The summed E-state index contributed by atoms with van der Waals surface area (Å²) < 4.78 is 6.03. The van der Waals surface area contributed by atoms with Crippen molar-refractivity contribution in [1.82, 2.24) is 15.2 Å². The number of hydrogen-bond acceptors (Lipinski definition) is 4. The van der Waals surface area contributed by atoms with Gasteiger partial charge in [-0.15, -0.1) is 0 Å². The van der Waals surface area contributed by atoms with Crippen LogP contribution in [0.25, 0.3) is 11.0 Å². The molecular weight excluding hydrogens is 338 g/mol. The van der Waals surface area contributed by atoms with Gasteiger partial charge in [0.2, 0.25) is 0 Å². The molecule has 0 spiro atoms. The smallest absolute Gasteiger partial charge is 0.290 e. The van der Waals surface area contributed by atoms with Crippen LogP contribution in [0.4, 0.5) is 0 Å². The number of carbonyl (C=O) groups is 1. The van der Waals surface area contributed by atoms with Crippen molar-refractivity contribution in [2.45, 2.75) is 39.3 Å². The highest BCUT2D eigenvalue weighted by atomic mass is 16.3. The molecule has 1 aliphatic rings. The van der Waals surface area contributed by atoms with E-state index in [0.717, 1.165) is 53.6 Å². The van der Waals surface area contributed by atoms with Gasteiger partial charge in [0.05, 0.1) is 0 Å². The first-order valence-corrected chi connectivity index (χ1v) is 9.54. The standard InChI is InChI=1S/C22H25N3O2/c1-15-5-6-19-16(2)21(27-20(19)12-15)22(26)25(18-7-10-23-11-8-18)14-17-4-3-9-24-13-17/h3-6,9,12-13,18,23H,7-8,10-11,14H2,1-2H3. The number of carbonyl (C=O) groups excluding carboxylic acids is 1. The molecule has 0 bridgehead atoms. The summed E-state index contributed by atoms with van der Waals surface area (Å²) in [4.78, 5) is 19.7. The van der Waals surface area contributed by atoms with Gasteiger partial charge in [-0.2, -0.15) is 0 Å². The highest BCUT2D eigenvalue weighted by molar-refractivity contribution is 5.99. The molecule has 140 valence electrons. The molecule has 0 saturated carbocycles. The first-order valence-electron chi connectivity index (χ1n) is 9.54. The van der Waals surface area contributed by atoms with E-state index in [0.29, 0.717) is 12.3 Å². The van der Waals surface area contributed by atoms with E-state index in [1.807, 2.05) is 49.2 Å². The Hall–Kier alpha value is -2.66. The second-order valence-electron chi connectivity index (χ2n) is 7.33. The fraction of sp³-hybridized carbons (Fsp3) is 0.364. The molecule has 1 amide bonds. The van der Waals surface area contributed by atoms with Crippen molar-refractivity contribution in [3.8, 4) is 0 Å². The molecule has 0 radical (unpaired) electrons. The van der Waals surface area contributed by atoms with Crippen LogP contribution < -0.4 is 5.32 Å². The van der Waals surface area contributed by atoms with Crippen LogP contribution in [0.2, 0.25) is 0 Å². The Morgan fingerprint density at radius 3 is 2.81 bits per heavy atom. The second-order valence-corrected chi connectivity index (χ2v) is 7.33. The predicted molar refractivity (Wildman–Crippen MR) is 106 cm³/mol. The molecule has 5 heteroatoms. The maximum atomic E-state index is 13.5. The van der Waals surface area contributed by atoms with Crippen LogP contribution in [0.15, 0.2) is 47.1 Å². The first-order chi connectivity index (χ1) is 13.1. The number of aryl methyl sites for hydroxylation is 2. The van der Waals surface area contributed by atoms with E-state index < -0.39 is 0 Å². The van der Waals surface area contributed by atoms with E-state index in [2.05, 4.69) is 16.4 Å². The first kappa shape index (κ1) is 17.7. The number of nitrogens with one attached hydrogen (secondary N) is 1. The van der Waals surface area contributed by atoms with Crippen LogP contribution in [-0.4, -0.2) is 34.9 Å². The summed E-state index contributed by atoms with van der Waals surface area (Å²) in [6.07, 6.45) is 5.48. The number of furan rings is 1. The predicted octanol–water partition coefficient (Wildman–Crippen LogP) is 3.84. The zero-order valence-corrected chi connectivity index (χ0v) is 15.9. The lowest BCUT2D eigenvalue weighted by molar-refractivity contribution is 0.0591. The van der Waals surface area contributed by atoms with E-state index in [1.165, 1.54) is 0 Å². The number of aromatic nitrogens is 1. The van der Waals surface area contributed by atoms with Gasteiger partial charge in [0.15, 0.2) is 5.76 Å². The number of nitrogens with zero attached hydrogens (tertiary/aromatic N) is 2. The lowest BCUT2D eigenvalue weighted by Gasteiger charge is -2.34. The molecule has 0 atom stereocenters. The molecule has 3 aromatic rings. The molecule has 3 heterocycles. The maximum Gasteiger partial charge on any atom is 0.290 e. The van der Waals surface area contributed by atoms with E-state index in [9.17, 15) is 4.79 Å². The Morgan fingerprint density at radius 2 is 2.07 bits per heavy atom. The van der Waals surface area contributed by atoms with Crippen LogP contribution in [0.1, 0.15) is 40.1 Å². The molecule has 1 aromatic carbocycles. The maximum absolute atomic E-state index is 13.5. The van der Waals surface area contributed by atoms with E-state index in [-0.39, 0.29) is 11.9 Å². The molecule has 2 aromatic heterocycles. The summed E-state index contributed by atoms with van der Waals surface area (Å²) in [7, 11) is 0. The summed E-state index contributed by atoms with van der Waals surface area (Å²) in [6, 6.07) is 10.2. The van der Waals surface area contributed by atoms with Gasteiger partial charge in [0.25, 0.3) is 5.91 Å². The van der Waals surface area contributed by atoms with Crippen molar-refractivity contribution in [3.05, 3.63) is 65.2 Å². The molecule has 4 rings (SSSR count). The topological polar surface area (TPSA) is 58.4 Å². The van der Waals surface area contributed by atoms with Crippen LogP contribution in [-0.2, 0) is 6.54 Å². The van der Waals surface area contributed by atoms with Gasteiger partial charge in [0.1, 0.15) is 5.58 Å². The third-order valence-corrected chi connectivity index (χ3v) is 5.37. The van der Waals surface area contributed by atoms with Gasteiger partial charge >= 0.3 is 0 Å². The van der Waals surface area contributed by atoms with E-state index in [4.69, 9.17) is 4.42 Å². The number of piperidine rings is 1. The van der Waals surface area contributed by atoms with Gasteiger partial charge in [-0.1, -0.05) is 18.2 Å². The van der Waals surface area contributed by atoms with Crippen molar-refractivity contribution in [2.24, 2.45) is 0 Å². The minimum absolute atomic E-state index is 0.0305. The Balaban J connectivity index is 1.70. The Labute approximate surface area is 159 Å². The zero-order chi connectivity index (χ0) is 18.8. The Bertz CT molecular complexity index is 943. The highest BCUT2D eigenvalue weighted by Crippen LogP contribution is 2.29. The van der Waals surface area contributed by atoms with Crippen molar-refractivity contribution in [2.75, 3.05) is 13.1 Å². The van der Waals surface area contributed by atoms with E-state index in [1.54, 1.807) is 6.20 Å². The molecule has 0 aliphatic carbocycles. The molecular formula is C22H25N3O2. The summed E-state index contributed by atoms with van der Waals surface area (Å²) in [6.45, 7) is 6.41. The van der Waals surface area contributed by atoms with Gasteiger partial charge < -0.3 is 14.6 Å². The number of benzene rings is 1. The molecule has 1 aliphatic heterocycles. The quantitative estimate of drug-likeness (QED) is 0.765. The zero-order valence-electron chi connectivity index (χ0n) is 15.9. The summed E-state index contributed by atoms with van der Waals surface area (Å²) in [5.74, 6) is 0.426. The third kappa shape index (κ3) is 3.60. The summed E-state index contributed by atoms with van der Waals surface area (Å²) in [5, 5.41) is 4.39. The fourth-order valence-corrected chi connectivity index (χ4v) is 3.84. The average molecular weight is 363 g/mol. The minimum atomic E-state index is -0.0305.